The fourth-order valence-corrected chi connectivity index (χ4v) is 3.55. The summed E-state index contributed by atoms with van der Waals surface area (Å²) in [6.07, 6.45) is 9.55. The Hall–Kier alpha value is -0.0900. The Labute approximate surface area is 106 Å². The normalized spacial score (nSPS) is 20.4. The molecule has 0 radical (unpaired) electrons. The molecule has 1 aliphatic carbocycles. The van der Waals surface area contributed by atoms with Crippen molar-refractivity contribution in [1.82, 2.24) is 5.32 Å². The monoisotopic (exact) mass is 261 g/mol. The molecule has 0 amide bonds. The van der Waals surface area contributed by atoms with E-state index in [0.29, 0.717) is 5.75 Å². The zero-order valence-corrected chi connectivity index (χ0v) is 12.1. The molecule has 0 aromatic rings. The van der Waals surface area contributed by atoms with E-state index >= 15 is 0 Å². The van der Waals surface area contributed by atoms with Crippen molar-refractivity contribution in [3.05, 3.63) is 0 Å². The summed E-state index contributed by atoms with van der Waals surface area (Å²) >= 11 is 0. The predicted octanol–water partition coefficient (Wildman–Crippen LogP) is 2.37. The number of hydrogen-bond acceptors (Lipinski definition) is 3. The second-order valence-corrected chi connectivity index (χ2v) is 7.88. The van der Waals surface area contributed by atoms with Gasteiger partial charge in [-0.15, -0.1) is 0 Å². The van der Waals surface area contributed by atoms with E-state index in [9.17, 15) is 8.42 Å². The van der Waals surface area contributed by atoms with Gasteiger partial charge in [0.1, 0.15) is 9.84 Å². The smallest absolute Gasteiger partial charge is 0.147 e. The van der Waals surface area contributed by atoms with Crippen molar-refractivity contribution < 1.29 is 8.42 Å². The molecule has 0 saturated heterocycles. The Bertz CT molecular complexity index is 305. The molecule has 0 aromatic heterocycles. The van der Waals surface area contributed by atoms with Crippen molar-refractivity contribution in [2.75, 3.05) is 25.1 Å². The van der Waals surface area contributed by atoms with Gasteiger partial charge in [0.15, 0.2) is 0 Å². The second kappa shape index (κ2) is 6.74. The van der Waals surface area contributed by atoms with Crippen molar-refractivity contribution in [3.8, 4) is 0 Å². The highest BCUT2D eigenvalue weighted by Gasteiger charge is 2.32. The molecule has 0 unspecified atom stereocenters. The van der Waals surface area contributed by atoms with Crippen LogP contribution in [0.15, 0.2) is 0 Å². The highest BCUT2D eigenvalue weighted by molar-refractivity contribution is 7.90. The molecule has 17 heavy (non-hydrogen) atoms. The van der Waals surface area contributed by atoms with Gasteiger partial charge in [0.25, 0.3) is 0 Å². The van der Waals surface area contributed by atoms with Gasteiger partial charge in [-0.3, -0.25) is 0 Å². The first-order chi connectivity index (χ1) is 7.97. The van der Waals surface area contributed by atoms with Crippen LogP contribution >= 0.6 is 0 Å². The summed E-state index contributed by atoms with van der Waals surface area (Å²) in [7, 11) is -2.82. The highest BCUT2D eigenvalue weighted by atomic mass is 32.2. The molecule has 4 heteroatoms. The number of sulfone groups is 1. The first-order valence-electron chi connectivity index (χ1n) is 6.86. The van der Waals surface area contributed by atoms with Gasteiger partial charge in [-0.05, 0) is 37.6 Å². The molecule has 0 heterocycles. The average molecular weight is 261 g/mol. The molecule has 0 aliphatic heterocycles. The Balaban J connectivity index is 2.51. The van der Waals surface area contributed by atoms with Gasteiger partial charge in [0.2, 0.25) is 0 Å². The molecule has 3 nitrogen and oxygen atoms in total. The third-order valence-electron chi connectivity index (χ3n) is 3.84. The second-order valence-electron chi connectivity index (χ2n) is 5.62. The molecular formula is C13H27NO2S. The standard InChI is InChI=1S/C13H27NO2S/c1-3-10-14-12-13(7-5-4-6-8-13)9-11-17(2,15)16/h14H,3-12H2,1-2H3. The van der Waals surface area contributed by atoms with E-state index < -0.39 is 9.84 Å². The van der Waals surface area contributed by atoms with Gasteiger partial charge in [-0.2, -0.15) is 0 Å². The van der Waals surface area contributed by atoms with E-state index in [4.69, 9.17) is 0 Å². The van der Waals surface area contributed by atoms with Crippen LogP contribution in [0.2, 0.25) is 0 Å². The lowest BCUT2D eigenvalue weighted by atomic mass is 9.72. The van der Waals surface area contributed by atoms with Gasteiger partial charge < -0.3 is 5.32 Å². The SMILES string of the molecule is CCCNCC1(CCS(C)(=O)=O)CCCCC1. The molecular weight excluding hydrogens is 234 g/mol. The summed E-state index contributed by atoms with van der Waals surface area (Å²) in [5.41, 5.74) is 0.247. The van der Waals surface area contributed by atoms with E-state index in [-0.39, 0.29) is 5.41 Å². The molecule has 102 valence electrons. The average Bonchev–Trinajstić information content (AvgIpc) is 2.28. The third-order valence-corrected chi connectivity index (χ3v) is 4.79. The van der Waals surface area contributed by atoms with Crippen LogP contribution in [0.1, 0.15) is 51.9 Å². The maximum Gasteiger partial charge on any atom is 0.147 e. The van der Waals surface area contributed by atoms with Crippen LogP contribution in [-0.2, 0) is 9.84 Å². The maximum atomic E-state index is 11.3. The summed E-state index contributed by atoms with van der Waals surface area (Å²) in [6.45, 7) is 4.20. The molecule has 0 aromatic carbocycles. The van der Waals surface area contributed by atoms with Gasteiger partial charge >= 0.3 is 0 Å². The molecule has 1 aliphatic rings. The Morgan fingerprint density at radius 1 is 1.18 bits per heavy atom. The molecule has 0 atom stereocenters. The summed E-state index contributed by atoms with van der Waals surface area (Å²) in [5, 5.41) is 3.49. The molecule has 1 saturated carbocycles. The van der Waals surface area contributed by atoms with Crippen LogP contribution in [0.3, 0.4) is 0 Å². The summed E-state index contributed by atoms with van der Waals surface area (Å²) in [6, 6.07) is 0. The summed E-state index contributed by atoms with van der Waals surface area (Å²) < 4.78 is 22.7. The topological polar surface area (TPSA) is 46.2 Å². The van der Waals surface area contributed by atoms with Crippen LogP contribution in [0.5, 0.6) is 0 Å². The van der Waals surface area contributed by atoms with E-state index in [0.717, 1.165) is 25.9 Å². The van der Waals surface area contributed by atoms with Crippen LogP contribution in [0, 0.1) is 5.41 Å². The Morgan fingerprint density at radius 3 is 2.35 bits per heavy atom. The third kappa shape index (κ3) is 5.87. The summed E-state index contributed by atoms with van der Waals surface area (Å²) in [4.78, 5) is 0. The Morgan fingerprint density at radius 2 is 1.82 bits per heavy atom. The van der Waals surface area contributed by atoms with Gasteiger partial charge in [-0.25, -0.2) is 8.42 Å². The summed E-state index contributed by atoms with van der Waals surface area (Å²) in [5.74, 6) is 0.348. The largest absolute Gasteiger partial charge is 0.316 e. The fraction of sp³-hybridized carbons (Fsp3) is 1.00. The minimum absolute atomic E-state index is 0.247. The van der Waals surface area contributed by atoms with Crippen LogP contribution in [0.4, 0.5) is 0 Å². The quantitative estimate of drug-likeness (QED) is 0.716. The van der Waals surface area contributed by atoms with Crippen molar-refractivity contribution in [2.24, 2.45) is 5.41 Å². The van der Waals surface area contributed by atoms with E-state index in [2.05, 4.69) is 12.2 Å². The molecule has 1 N–H and O–H groups in total. The zero-order chi connectivity index (χ0) is 12.8. The van der Waals surface area contributed by atoms with E-state index in [1.54, 1.807) is 0 Å². The first-order valence-corrected chi connectivity index (χ1v) is 8.92. The van der Waals surface area contributed by atoms with Crippen LogP contribution < -0.4 is 5.32 Å². The minimum atomic E-state index is -2.82. The van der Waals surface area contributed by atoms with Crippen molar-refractivity contribution in [1.29, 1.82) is 0 Å². The maximum absolute atomic E-state index is 11.3. The fourth-order valence-electron chi connectivity index (χ4n) is 2.75. The van der Waals surface area contributed by atoms with Gasteiger partial charge in [0, 0.05) is 12.8 Å². The van der Waals surface area contributed by atoms with Crippen molar-refractivity contribution >= 4 is 9.84 Å². The highest BCUT2D eigenvalue weighted by Crippen LogP contribution is 2.39. The van der Waals surface area contributed by atoms with E-state index in [1.807, 2.05) is 0 Å². The van der Waals surface area contributed by atoms with Gasteiger partial charge in [-0.1, -0.05) is 26.2 Å². The molecule has 1 fully saturated rings. The lowest BCUT2D eigenvalue weighted by Gasteiger charge is -2.37. The molecule has 1 rings (SSSR count). The molecule has 0 bridgehead atoms. The number of hydrogen-bond donors (Lipinski definition) is 1. The zero-order valence-electron chi connectivity index (χ0n) is 11.3. The number of nitrogens with one attached hydrogen (secondary N) is 1. The molecule has 0 spiro atoms. The minimum Gasteiger partial charge on any atom is -0.316 e. The van der Waals surface area contributed by atoms with Crippen molar-refractivity contribution in [2.45, 2.75) is 51.9 Å². The first kappa shape index (κ1) is 15.0. The van der Waals surface area contributed by atoms with E-state index in [1.165, 1.54) is 38.4 Å². The van der Waals surface area contributed by atoms with Crippen LogP contribution in [0.25, 0.3) is 0 Å². The van der Waals surface area contributed by atoms with Crippen LogP contribution in [-0.4, -0.2) is 33.5 Å². The number of rotatable bonds is 7. The Kier molecular flexibility index (Phi) is 5.93. The lowest BCUT2D eigenvalue weighted by molar-refractivity contribution is 0.176. The predicted molar refractivity (Wildman–Crippen MR) is 73.0 cm³/mol. The van der Waals surface area contributed by atoms with Gasteiger partial charge in [0.05, 0.1) is 5.75 Å². The lowest BCUT2D eigenvalue weighted by Crippen LogP contribution is -2.37. The van der Waals surface area contributed by atoms with Crippen molar-refractivity contribution in [3.63, 3.8) is 0 Å².